The maximum atomic E-state index is 12.4. The largest absolute Gasteiger partial charge is 0.393 e. The Morgan fingerprint density at radius 3 is 1.70 bits per heavy atom. The summed E-state index contributed by atoms with van der Waals surface area (Å²) < 4.78 is 37.1. The van der Waals surface area contributed by atoms with Crippen molar-refractivity contribution in [2.45, 2.75) is 78.6 Å². The predicted octanol–water partition coefficient (Wildman–Crippen LogP) is 4.80. The first-order valence-electron chi connectivity index (χ1n) is 9.16. The van der Waals surface area contributed by atoms with E-state index in [0.717, 1.165) is 18.5 Å². The van der Waals surface area contributed by atoms with Gasteiger partial charge in [0.15, 0.2) is 0 Å². The molecule has 0 spiro atoms. The van der Waals surface area contributed by atoms with E-state index in [1.807, 2.05) is 18.7 Å². The van der Waals surface area contributed by atoms with Crippen molar-refractivity contribution in [3.63, 3.8) is 0 Å². The van der Waals surface area contributed by atoms with Gasteiger partial charge < -0.3 is 9.80 Å². The van der Waals surface area contributed by atoms with Gasteiger partial charge in [-0.2, -0.15) is 13.2 Å². The molecule has 2 aliphatic heterocycles. The van der Waals surface area contributed by atoms with Gasteiger partial charge in [0.1, 0.15) is 0 Å². The van der Waals surface area contributed by atoms with Crippen molar-refractivity contribution in [1.29, 1.82) is 0 Å². The smallest absolute Gasteiger partial charge is 0.301 e. The molecule has 0 aromatic rings. The molecule has 0 radical (unpaired) electrons. The molecule has 2 saturated heterocycles. The van der Waals surface area contributed by atoms with Crippen molar-refractivity contribution in [1.82, 2.24) is 9.80 Å². The Balaban J connectivity index is 0.000000238. The highest BCUT2D eigenvalue weighted by molar-refractivity contribution is 4.79. The summed E-state index contributed by atoms with van der Waals surface area (Å²) in [5.41, 5.74) is 0. The molecule has 2 fully saturated rings. The van der Waals surface area contributed by atoms with Crippen LogP contribution in [-0.4, -0.2) is 54.2 Å². The maximum Gasteiger partial charge on any atom is 0.393 e. The third-order valence-corrected chi connectivity index (χ3v) is 5.06. The van der Waals surface area contributed by atoms with Crippen molar-refractivity contribution >= 4 is 0 Å². The zero-order chi connectivity index (χ0) is 17.6. The second-order valence-electron chi connectivity index (χ2n) is 7.81. The number of nitrogens with zero attached hydrogens (tertiary/aromatic N) is 2. The Labute approximate surface area is 140 Å². The molecule has 0 aliphatic carbocycles. The van der Waals surface area contributed by atoms with Gasteiger partial charge in [0.2, 0.25) is 0 Å². The molecule has 2 rings (SSSR count). The quantitative estimate of drug-likeness (QED) is 0.715. The van der Waals surface area contributed by atoms with Crippen LogP contribution in [0.3, 0.4) is 0 Å². The first-order chi connectivity index (χ1) is 10.6. The maximum absolute atomic E-state index is 12.4. The van der Waals surface area contributed by atoms with Crippen LogP contribution in [0.1, 0.15) is 60.3 Å². The van der Waals surface area contributed by atoms with E-state index in [-0.39, 0.29) is 12.6 Å². The molecule has 0 saturated carbocycles. The summed E-state index contributed by atoms with van der Waals surface area (Å²) in [7, 11) is 0. The third kappa shape index (κ3) is 7.42. The Kier molecular flexibility index (Phi) is 8.36. The van der Waals surface area contributed by atoms with Crippen LogP contribution >= 0.6 is 0 Å². The standard InChI is InChI=1S/C9H16F3N.C9H19N/c1-7(2)13-5-3-4-8(6-13)9(10,11)12;1-8(2)10-6-4-5-9(3)7-10/h7-8H,3-6H2,1-2H3;8-9H,4-7H2,1-3H3/t8-;9-/m10/s1. The monoisotopic (exact) mass is 336 g/mol. The molecular formula is C18H35F3N2. The van der Waals surface area contributed by atoms with E-state index < -0.39 is 12.1 Å². The molecule has 0 aromatic heterocycles. The highest BCUT2D eigenvalue weighted by atomic mass is 19.4. The summed E-state index contributed by atoms with van der Waals surface area (Å²) in [5, 5.41) is 0. The molecule has 5 heteroatoms. The number of piperidine rings is 2. The summed E-state index contributed by atoms with van der Waals surface area (Å²) in [5.74, 6) is -0.181. The molecule has 138 valence electrons. The molecular weight excluding hydrogens is 301 g/mol. The van der Waals surface area contributed by atoms with Gasteiger partial charge in [-0.25, -0.2) is 0 Å². The normalized spacial score (nSPS) is 27.9. The SMILES string of the molecule is CC(C)N1CCC[C@@H](C(F)(F)F)C1.CC(C)N1CCC[C@H](C)C1. The van der Waals surface area contributed by atoms with Crippen LogP contribution in [0.25, 0.3) is 0 Å². The fourth-order valence-corrected chi connectivity index (χ4v) is 3.44. The zero-order valence-electron chi connectivity index (χ0n) is 15.5. The average Bonchev–Trinajstić information content (AvgIpc) is 2.47. The van der Waals surface area contributed by atoms with E-state index in [0.29, 0.717) is 12.8 Å². The first kappa shape index (κ1) is 20.8. The lowest BCUT2D eigenvalue weighted by atomic mass is 9.96. The third-order valence-electron chi connectivity index (χ3n) is 5.06. The van der Waals surface area contributed by atoms with Gasteiger partial charge >= 0.3 is 6.18 Å². The van der Waals surface area contributed by atoms with Crippen LogP contribution < -0.4 is 0 Å². The van der Waals surface area contributed by atoms with Crippen molar-refractivity contribution in [2.24, 2.45) is 11.8 Å². The fraction of sp³-hybridized carbons (Fsp3) is 1.00. The molecule has 0 N–H and O–H groups in total. The molecule has 2 aliphatic rings. The molecule has 0 amide bonds. The fourth-order valence-electron chi connectivity index (χ4n) is 3.44. The van der Waals surface area contributed by atoms with E-state index in [1.165, 1.54) is 25.9 Å². The van der Waals surface area contributed by atoms with E-state index in [9.17, 15) is 13.2 Å². The highest BCUT2D eigenvalue weighted by Gasteiger charge is 2.41. The van der Waals surface area contributed by atoms with Gasteiger partial charge in [-0.15, -0.1) is 0 Å². The minimum absolute atomic E-state index is 0.182. The van der Waals surface area contributed by atoms with Gasteiger partial charge in [0.05, 0.1) is 5.92 Å². The van der Waals surface area contributed by atoms with Crippen LogP contribution in [0.2, 0.25) is 0 Å². The van der Waals surface area contributed by atoms with Crippen LogP contribution in [0, 0.1) is 11.8 Å². The second kappa shape index (κ2) is 9.26. The summed E-state index contributed by atoms with van der Waals surface area (Å²) in [6.07, 6.45) is -0.203. The molecule has 2 nitrogen and oxygen atoms in total. The van der Waals surface area contributed by atoms with Gasteiger partial charge in [-0.3, -0.25) is 0 Å². The van der Waals surface area contributed by atoms with E-state index in [1.54, 1.807) is 0 Å². The number of likely N-dealkylation sites (tertiary alicyclic amines) is 2. The summed E-state index contributed by atoms with van der Waals surface area (Å²) >= 11 is 0. The molecule has 0 bridgehead atoms. The Hall–Kier alpha value is -0.290. The zero-order valence-corrected chi connectivity index (χ0v) is 15.5. The topological polar surface area (TPSA) is 6.48 Å². The lowest BCUT2D eigenvalue weighted by Crippen LogP contribution is -2.44. The predicted molar refractivity (Wildman–Crippen MR) is 90.6 cm³/mol. The lowest BCUT2D eigenvalue weighted by molar-refractivity contribution is -0.188. The van der Waals surface area contributed by atoms with Crippen LogP contribution in [-0.2, 0) is 0 Å². The molecule has 2 atom stereocenters. The number of hydrogen-bond acceptors (Lipinski definition) is 2. The molecule has 0 unspecified atom stereocenters. The van der Waals surface area contributed by atoms with Crippen LogP contribution in [0.5, 0.6) is 0 Å². The molecule has 0 aromatic carbocycles. The first-order valence-corrected chi connectivity index (χ1v) is 9.16. The molecule has 2 heterocycles. The Morgan fingerprint density at radius 1 is 0.826 bits per heavy atom. The van der Waals surface area contributed by atoms with Crippen molar-refractivity contribution < 1.29 is 13.2 Å². The van der Waals surface area contributed by atoms with Crippen molar-refractivity contribution in [3.05, 3.63) is 0 Å². The Bertz CT molecular complexity index is 329. The van der Waals surface area contributed by atoms with E-state index in [2.05, 4.69) is 25.7 Å². The number of rotatable bonds is 2. The highest BCUT2D eigenvalue weighted by Crippen LogP contribution is 2.33. The Morgan fingerprint density at radius 2 is 1.30 bits per heavy atom. The molecule has 23 heavy (non-hydrogen) atoms. The number of hydrogen-bond donors (Lipinski definition) is 0. The van der Waals surface area contributed by atoms with Crippen LogP contribution in [0.4, 0.5) is 13.2 Å². The summed E-state index contributed by atoms with van der Waals surface area (Å²) in [6.45, 7) is 14.5. The van der Waals surface area contributed by atoms with Gasteiger partial charge in [-0.1, -0.05) is 6.92 Å². The van der Waals surface area contributed by atoms with Crippen LogP contribution in [0.15, 0.2) is 0 Å². The summed E-state index contributed by atoms with van der Waals surface area (Å²) in [4.78, 5) is 4.48. The second-order valence-corrected chi connectivity index (χ2v) is 7.81. The van der Waals surface area contributed by atoms with Crippen molar-refractivity contribution in [3.8, 4) is 0 Å². The minimum Gasteiger partial charge on any atom is -0.301 e. The van der Waals surface area contributed by atoms with Gasteiger partial charge in [-0.05, 0) is 72.4 Å². The summed E-state index contributed by atoms with van der Waals surface area (Å²) in [6, 6.07) is 0.980. The van der Waals surface area contributed by atoms with E-state index in [4.69, 9.17) is 0 Å². The lowest BCUT2D eigenvalue weighted by Gasteiger charge is -2.36. The van der Waals surface area contributed by atoms with Gasteiger partial charge in [0.25, 0.3) is 0 Å². The minimum atomic E-state index is -4.01. The average molecular weight is 336 g/mol. The number of halogens is 3. The van der Waals surface area contributed by atoms with E-state index >= 15 is 0 Å². The van der Waals surface area contributed by atoms with Crippen molar-refractivity contribution in [2.75, 3.05) is 26.2 Å². The van der Waals surface area contributed by atoms with Gasteiger partial charge in [0, 0.05) is 25.2 Å². The number of alkyl halides is 3.